The first-order chi connectivity index (χ1) is 7.68. The predicted octanol–water partition coefficient (Wildman–Crippen LogP) is 2.33. The minimum atomic E-state index is -0.0773. The predicted molar refractivity (Wildman–Crippen MR) is 64.4 cm³/mol. The van der Waals surface area contributed by atoms with Crippen LogP contribution in [0.1, 0.15) is 24.5 Å². The van der Waals surface area contributed by atoms with Gasteiger partial charge in [-0.25, -0.2) is 0 Å². The standard InChI is InChI=1S/C14H20O2/c1-11-5-3-4-6-13(11)9-14(10-15)7-8-16-12(14)2/h3-6,12,15H,7-10H2,1-2H3. The van der Waals surface area contributed by atoms with E-state index in [-0.39, 0.29) is 18.1 Å². The van der Waals surface area contributed by atoms with E-state index < -0.39 is 0 Å². The van der Waals surface area contributed by atoms with Gasteiger partial charge in [-0.3, -0.25) is 0 Å². The lowest BCUT2D eigenvalue weighted by Crippen LogP contribution is -2.35. The fraction of sp³-hybridized carbons (Fsp3) is 0.571. The van der Waals surface area contributed by atoms with Gasteiger partial charge in [-0.05, 0) is 37.8 Å². The van der Waals surface area contributed by atoms with Gasteiger partial charge in [-0.2, -0.15) is 0 Å². The summed E-state index contributed by atoms with van der Waals surface area (Å²) in [6.07, 6.45) is 2.02. The minimum absolute atomic E-state index is 0.0773. The maximum atomic E-state index is 9.66. The van der Waals surface area contributed by atoms with Crippen molar-refractivity contribution >= 4 is 0 Å². The maximum absolute atomic E-state index is 9.66. The van der Waals surface area contributed by atoms with Crippen molar-refractivity contribution in [2.75, 3.05) is 13.2 Å². The number of aliphatic hydroxyl groups is 1. The number of hydrogen-bond acceptors (Lipinski definition) is 2. The van der Waals surface area contributed by atoms with E-state index in [9.17, 15) is 5.11 Å². The molecule has 0 aliphatic carbocycles. The van der Waals surface area contributed by atoms with Crippen molar-refractivity contribution in [1.82, 2.24) is 0 Å². The second-order valence-electron chi connectivity index (χ2n) is 4.89. The van der Waals surface area contributed by atoms with Gasteiger partial charge in [0, 0.05) is 12.0 Å². The molecule has 0 bridgehead atoms. The Morgan fingerprint density at radius 3 is 2.75 bits per heavy atom. The van der Waals surface area contributed by atoms with Gasteiger partial charge in [0.05, 0.1) is 12.7 Å². The Kier molecular flexibility index (Phi) is 3.31. The smallest absolute Gasteiger partial charge is 0.0629 e. The molecule has 1 saturated heterocycles. The van der Waals surface area contributed by atoms with Crippen LogP contribution in [0.25, 0.3) is 0 Å². The number of aliphatic hydroxyl groups excluding tert-OH is 1. The van der Waals surface area contributed by atoms with Crippen molar-refractivity contribution in [3.8, 4) is 0 Å². The first-order valence-electron chi connectivity index (χ1n) is 5.95. The molecule has 1 N–H and O–H groups in total. The SMILES string of the molecule is Cc1ccccc1CC1(CO)CCOC1C. The average Bonchev–Trinajstić information content (AvgIpc) is 2.64. The minimum Gasteiger partial charge on any atom is -0.396 e. The molecule has 1 fully saturated rings. The monoisotopic (exact) mass is 220 g/mol. The molecule has 1 aromatic rings. The van der Waals surface area contributed by atoms with Gasteiger partial charge in [-0.1, -0.05) is 24.3 Å². The van der Waals surface area contributed by atoms with Crippen molar-refractivity contribution in [2.24, 2.45) is 5.41 Å². The summed E-state index contributed by atoms with van der Waals surface area (Å²) in [5, 5.41) is 9.66. The zero-order chi connectivity index (χ0) is 11.6. The van der Waals surface area contributed by atoms with E-state index in [0.29, 0.717) is 0 Å². The molecule has 16 heavy (non-hydrogen) atoms. The number of rotatable bonds is 3. The second-order valence-corrected chi connectivity index (χ2v) is 4.89. The van der Waals surface area contributed by atoms with Gasteiger partial charge < -0.3 is 9.84 Å². The van der Waals surface area contributed by atoms with Crippen LogP contribution in [0.3, 0.4) is 0 Å². The quantitative estimate of drug-likeness (QED) is 0.847. The van der Waals surface area contributed by atoms with E-state index in [1.807, 2.05) is 0 Å². The summed E-state index contributed by atoms with van der Waals surface area (Å²) in [6, 6.07) is 8.39. The highest BCUT2D eigenvalue weighted by Gasteiger charge is 2.41. The third-order valence-corrected chi connectivity index (χ3v) is 3.95. The Morgan fingerprint density at radius 1 is 1.44 bits per heavy atom. The van der Waals surface area contributed by atoms with Crippen LogP contribution in [0, 0.1) is 12.3 Å². The largest absolute Gasteiger partial charge is 0.396 e. The second kappa shape index (κ2) is 4.56. The molecule has 1 aliphatic rings. The molecule has 1 aromatic carbocycles. The highest BCUT2D eigenvalue weighted by Crippen LogP contribution is 2.38. The third-order valence-electron chi connectivity index (χ3n) is 3.95. The summed E-state index contributed by atoms with van der Waals surface area (Å²) in [5.74, 6) is 0. The molecule has 2 unspecified atom stereocenters. The first kappa shape index (κ1) is 11.6. The molecule has 0 spiro atoms. The lowest BCUT2D eigenvalue weighted by atomic mass is 9.76. The lowest BCUT2D eigenvalue weighted by molar-refractivity contribution is 0.0271. The topological polar surface area (TPSA) is 29.5 Å². The molecule has 1 aliphatic heterocycles. The van der Waals surface area contributed by atoms with Gasteiger partial charge in [0.15, 0.2) is 0 Å². The van der Waals surface area contributed by atoms with Crippen LogP contribution in [-0.2, 0) is 11.2 Å². The molecule has 88 valence electrons. The Bertz CT molecular complexity index is 362. The Balaban J connectivity index is 2.22. The molecular weight excluding hydrogens is 200 g/mol. The summed E-state index contributed by atoms with van der Waals surface area (Å²) in [6.45, 7) is 5.18. The number of aryl methyl sites for hydroxylation is 1. The summed E-state index contributed by atoms with van der Waals surface area (Å²) < 4.78 is 5.61. The van der Waals surface area contributed by atoms with E-state index in [4.69, 9.17) is 4.74 Å². The van der Waals surface area contributed by atoms with E-state index >= 15 is 0 Å². The van der Waals surface area contributed by atoms with Gasteiger partial charge in [0.2, 0.25) is 0 Å². The lowest BCUT2D eigenvalue weighted by Gasteiger charge is -2.30. The van der Waals surface area contributed by atoms with Crippen LogP contribution in [0.5, 0.6) is 0 Å². The fourth-order valence-electron chi connectivity index (χ4n) is 2.50. The van der Waals surface area contributed by atoms with E-state index in [1.54, 1.807) is 0 Å². The zero-order valence-electron chi connectivity index (χ0n) is 10.1. The number of hydrogen-bond donors (Lipinski definition) is 1. The van der Waals surface area contributed by atoms with Gasteiger partial charge >= 0.3 is 0 Å². The molecule has 0 aromatic heterocycles. The molecule has 2 atom stereocenters. The van der Waals surface area contributed by atoms with Crippen LogP contribution in [0.2, 0.25) is 0 Å². The number of ether oxygens (including phenoxy) is 1. The van der Waals surface area contributed by atoms with Crippen LogP contribution in [0.4, 0.5) is 0 Å². The molecular formula is C14H20O2. The molecule has 0 saturated carbocycles. The molecule has 1 heterocycles. The van der Waals surface area contributed by atoms with E-state index in [1.165, 1.54) is 11.1 Å². The zero-order valence-corrected chi connectivity index (χ0v) is 10.1. The van der Waals surface area contributed by atoms with Crippen LogP contribution < -0.4 is 0 Å². The van der Waals surface area contributed by atoms with Crippen molar-refractivity contribution < 1.29 is 9.84 Å². The molecule has 2 rings (SSSR count). The van der Waals surface area contributed by atoms with Crippen molar-refractivity contribution in [3.63, 3.8) is 0 Å². The normalized spacial score (nSPS) is 29.6. The van der Waals surface area contributed by atoms with Crippen LogP contribution in [0.15, 0.2) is 24.3 Å². The van der Waals surface area contributed by atoms with Crippen molar-refractivity contribution in [2.45, 2.75) is 32.8 Å². The summed E-state index contributed by atoms with van der Waals surface area (Å²) >= 11 is 0. The van der Waals surface area contributed by atoms with E-state index in [0.717, 1.165) is 19.4 Å². The van der Waals surface area contributed by atoms with Gasteiger partial charge in [-0.15, -0.1) is 0 Å². The van der Waals surface area contributed by atoms with E-state index in [2.05, 4.69) is 38.1 Å². The average molecular weight is 220 g/mol. The third kappa shape index (κ3) is 2.00. The summed E-state index contributed by atoms with van der Waals surface area (Å²) in [4.78, 5) is 0. The van der Waals surface area contributed by atoms with Crippen LogP contribution in [-0.4, -0.2) is 24.4 Å². The van der Waals surface area contributed by atoms with Crippen molar-refractivity contribution in [3.05, 3.63) is 35.4 Å². The summed E-state index contributed by atoms with van der Waals surface area (Å²) in [5.41, 5.74) is 2.55. The van der Waals surface area contributed by atoms with Crippen molar-refractivity contribution in [1.29, 1.82) is 0 Å². The molecule has 2 nitrogen and oxygen atoms in total. The Hall–Kier alpha value is -0.860. The molecule has 2 heteroatoms. The molecule has 0 radical (unpaired) electrons. The number of benzene rings is 1. The van der Waals surface area contributed by atoms with Gasteiger partial charge in [0.1, 0.15) is 0 Å². The summed E-state index contributed by atoms with van der Waals surface area (Å²) in [7, 11) is 0. The molecule has 0 amide bonds. The maximum Gasteiger partial charge on any atom is 0.0629 e. The van der Waals surface area contributed by atoms with Crippen LogP contribution >= 0.6 is 0 Å². The Morgan fingerprint density at radius 2 is 2.19 bits per heavy atom. The highest BCUT2D eigenvalue weighted by molar-refractivity contribution is 5.27. The fourth-order valence-corrected chi connectivity index (χ4v) is 2.50. The Labute approximate surface area is 97.3 Å². The van der Waals surface area contributed by atoms with Gasteiger partial charge in [0.25, 0.3) is 0 Å². The highest BCUT2D eigenvalue weighted by atomic mass is 16.5. The first-order valence-corrected chi connectivity index (χ1v) is 5.95.